The molecule has 0 saturated carbocycles. The smallest absolute Gasteiger partial charge is 0.321 e. The van der Waals surface area contributed by atoms with Gasteiger partial charge in [0.25, 0.3) is 5.91 Å². The van der Waals surface area contributed by atoms with Gasteiger partial charge in [0.15, 0.2) is 6.61 Å². The Hall–Kier alpha value is -2.71. The lowest BCUT2D eigenvalue weighted by Crippen LogP contribution is -2.38. The number of benzene rings is 2. The third kappa shape index (κ3) is 6.47. The summed E-state index contributed by atoms with van der Waals surface area (Å²) in [6.07, 6.45) is 0. The highest BCUT2D eigenvalue weighted by atomic mass is 32.2. The molecule has 1 N–H and O–H groups in total. The number of carbonyl (C=O) groups excluding carboxylic acids is 2. The van der Waals surface area contributed by atoms with Gasteiger partial charge in [-0.3, -0.25) is 9.59 Å². The number of hydrogen-bond donors (Lipinski definition) is 1. The molecule has 1 amide bonds. The third-order valence-corrected chi connectivity index (χ3v) is 5.51. The van der Waals surface area contributed by atoms with Gasteiger partial charge in [-0.25, -0.2) is 8.42 Å². The monoisotopic (exact) mass is 404 g/mol. The van der Waals surface area contributed by atoms with Crippen LogP contribution in [0.25, 0.3) is 0 Å². The number of hydrogen-bond acceptors (Lipinski definition) is 5. The van der Waals surface area contributed by atoms with Gasteiger partial charge in [-0.15, -0.1) is 0 Å². The molecule has 2 aromatic carbocycles. The second kappa shape index (κ2) is 10.0. The second-order valence-electron chi connectivity index (χ2n) is 6.45. The molecule has 0 aliphatic rings. The molecular weight excluding hydrogens is 380 g/mol. The Balaban J connectivity index is 2.15. The zero-order valence-corrected chi connectivity index (χ0v) is 16.7. The first-order valence-corrected chi connectivity index (χ1v) is 10.3. The van der Waals surface area contributed by atoms with Crippen LogP contribution in [0.15, 0.2) is 65.6 Å². The van der Waals surface area contributed by atoms with Crippen molar-refractivity contribution in [3.63, 3.8) is 0 Å². The summed E-state index contributed by atoms with van der Waals surface area (Å²) in [7, 11) is -3.92. The summed E-state index contributed by atoms with van der Waals surface area (Å²) in [4.78, 5) is 23.9. The first-order chi connectivity index (χ1) is 13.3. The first-order valence-electron chi connectivity index (χ1n) is 8.83. The fraction of sp³-hybridized carbons (Fsp3) is 0.300. The number of nitrogens with one attached hydrogen (secondary N) is 1. The largest absolute Gasteiger partial charge is 0.455 e. The van der Waals surface area contributed by atoms with Crippen LogP contribution in [0.1, 0.15) is 19.4 Å². The van der Waals surface area contributed by atoms with Gasteiger partial charge < -0.3 is 10.1 Å². The van der Waals surface area contributed by atoms with Crippen LogP contribution in [0.5, 0.6) is 0 Å². The van der Waals surface area contributed by atoms with Crippen molar-refractivity contribution in [1.29, 1.82) is 0 Å². The summed E-state index contributed by atoms with van der Waals surface area (Å²) in [6.45, 7) is 2.62. The number of amides is 1. The molecule has 0 fully saturated rings. The van der Waals surface area contributed by atoms with Crippen molar-refractivity contribution in [2.24, 2.45) is 0 Å². The number of ether oxygens (including phenoxy) is 1. The standard InChI is InChI=1S/C20H24N2O5S/c1-16(2)21-19(23)15-27-20(24)14-22(13-17-9-5-3-6-10-17)28(25,26)18-11-7-4-8-12-18/h3-12,16H,13-15H2,1-2H3,(H,21,23). The lowest BCUT2D eigenvalue weighted by atomic mass is 10.2. The van der Waals surface area contributed by atoms with Crippen LogP contribution in [0.3, 0.4) is 0 Å². The molecule has 0 aliphatic carbocycles. The molecule has 150 valence electrons. The van der Waals surface area contributed by atoms with E-state index >= 15 is 0 Å². The van der Waals surface area contributed by atoms with Gasteiger partial charge >= 0.3 is 5.97 Å². The summed E-state index contributed by atoms with van der Waals surface area (Å²) in [5, 5.41) is 2.60. The molecule has 0 saturated heterocycles. The van der Waals surface area contributed by atoms with Crippen LogP contribution in [0.4, 0.5) is 0 Å². The predicted octanol–water partition coefficient (Wildman–Crippen LogP) is 1.95. The molecule has 0 aromatic heterocycles. The number of sulfonamides is 1. The van der Waals surface area contributed by atoms with Crippen molar-refractivity contribution in [1.82, 2.24) is 9.62 Å². The number of esters is 1. The maximum Gasteiger partial charge on any atom is 0.321 e. The quantitative estimate of drug-likeness (QED) is 0.645. The van der Waals surface area contributed by atoms with E-state index in [0.717, 1.165) is 9.87 Å². The van der Waals surface area contributed by atoms with Crippen LogP contribution in [-0.2, 0) is 30.9 Å². The van der Waals surface area contributed by atoms with Gasteiger partial charge in [0, 0.05) is 12.6 Å². The Labute approximate surface area is 165 Å². The molecule has 2 aromatic rings. The van der Waals surface area contributed by atoms with Gasteiger partial charge in [-0.1, -0.05) is 48.5 Å². The highest BCUT2D eigenvalue weighted by molar-refractivity contribution is 7.89. The topological polar surface area (TPSA) is 92.8 Å². The highest BCUT2D eigenvalue weighted by Gasteiger charge is 2.27. The van der Waals surface area contributed by atoms with E-state index in [9.17, 15) is 18.0 Å². The van der Waals surface area contributed by atoms with Crippen molar-refractivity contribution in [3.05, 3.63) is 66.2 Å². The number of nitrogens with zero attached hydrogens (tertiary/aromatic N) is 1. The maximum absolute atomic E-state index is 13.0. The van der Waals surface area contributed by atoms with Crippen molar-refractivity contribution in [2.75, 3.05) is 13.2 Å². The highest BCUT2D eigenvalue weighted by Crippen LogP contribution is 2.18. The van der Waals surface area contributed by atoms with Crippen molar-refractivity contribution in [3.8, 4) is 0 Å². The van der Waals surface area contributed by atoms with E-state index in [1.807, 2.05) is 6.07 Å². The summed E-state index contributed by atoms with van der Waals surface area (Å²) >= 11 is 0. The Morgan fingerprint density at radius 2 is 1.57 bits per heavy atom. The molecule has 0 aliphatic heterocycles. The second-order valence-corrected chi connectivity index (χ2v) is 8.39. The molecule has 0 spiro atoms. The van der Waals surface area contributed by atoms with Crippen LogP contribution in [0, 0.1) is 0 Å². The molecule has 0 unspecified atom stereocenters. The Bertz CT molecular complexity index is 883. The fourth-order valence-corrected chi connectivity index (χ4v) is 3.85. The molecule has 0 atom stereocenters. The summed E-state index contributed by atoms with van der Waals surface area (Å²) < 4.78 is 32.0. The lowest BCUT2D eigenvalue weighted by Gasteiger charge is -2.21. The molecule has 0 heterocycles. The number of rotatable bonds is 9. The normalized spacial score (nSPS) is 11.4. The average Bonchev–Trinajstić information content (AvgIpc) is 2.67. The van der Waals surface area contributed by atoms with E-state index in [2.05, 4.69) is 5.32 Å². The fourth-order valence-electron chi connectivity index (χ4n) is 2.45. The van der Waals surface area contributed by atoms with E-state index in [1.54, 1.807) is 56.3 Å². The zero-order chi connectivity index (χ0) is 20.6. The zero-order valence-electron chi connectivity index (χ0n) is 15.9. The molecule has 0 radical (unpaired) electrons. The Morgan fingerprint density at radius 1 is 1.00 bits per heavy atom. The SMILES string of the molecule is CC(C)NC(=O)COC(=O)CN(Cc1ccccc1)S(=O)(=O)c1ccccc1. The minimum Gasteiger partial charge on any atom is -0.455 e. The number of carbonyl (C=O) groups is 2. The van der Waals surface area contributed by atoms with Crippen molar-refractivity contribution in [2.45, 2.75) is 31.3 Å². The molecule has 0 bridgehead atoms. The van der Waals surface area contributed by atoms with Gasteiger partial charge in [-0.05, 0) is 31.5 Å². The van der Waals surface area contributed by atoms with Gasteiger partial charge in [0.2, 0.25) is 10.0 Å². The predicted molar refractivity (Wildman–Crippen MR) is 105 cm³/mol. The van der Waals surface area contributed by atoms with Crippen LogP contribution in [0.2, 0.25) is 0 Å². The van der Waals surface area contributed by atoms with Crippen LogP contribution in [-0.4, -0.2) is 43.8 Å². The summed E-state index contributed by atoms with van der Waals surface area (Å²) in [5.41, 5.74) is 0.729. The van der Waals surface area contributed by atoms with Gasteiger partial charge in [0.05, 0.1) is 4.90 Å². The molecule has 8 heteroatoms. The summed E-state index contributed by atoms with van der Waals surface area (Å²) in [6, 6.07) is 16.7. The average molecular weight is 404 g/mol. The molecule has 2 rings (SSSR count). The van der Waals surface area contributed by atoms with Crippen LogP contribution < -0.4 is 5.32 Å². The van der Waals surface area contributed by atoms with E-state index in [1.165, 1.54) is 12.1 Å². The van der Waals surface area contributed by atoms with E-state index in [4.69, 9.17) is 4.74 Å². The lowest BCUT2D eigenvalue weighted by molar-refractivity contribution is -0.148. The molecular formula is C20H24N2O5S. The van der Waals surface area contributed by atoms with Gasteiger partial charge in [0.1, 0.15) is 6.54 Å². The Morgan fingerprint density at radius 3 is 2.14 bits per heavy atom. The van der Waals surface area contributed by atoms with E-state index in [0.29, 0.717) is 0 Å². The van der Waals surface area contributed by atoms with Crippen molar-refractivity contribution < 1.29 is 22.7 Å². The van der Waals surface area contributed by atoms with Crippen molar-refractivity contribution >= 4 is 21.9 Å². The molecule has 28 heavy (non-hydrogen) atoms. The van der Waals surface area contributed by atoms with Gasteiger partial charge in [-0.2, -0.15) is 4.31 Å². The minimum absolute atomic E-state index is 0.00532. The minimum atomic E-state index is -3.92. The summed E-state index contributed by atoms with van der Waals surface area (Å²) in [5.74, 6) is -1.24. The third-order valence-electron chi connectivity index (χ3n) is 3.70. The molecule has 7 nitrogen and oxygen atoms in total. The first kappa shape index (κ1) is 21.6. The van der Waals surface area contributed by atoms with Crippen LogP contribution >= 0.6 is 0 Å². The maximum atomic E-state index is 13.0. The van der Waals surface area contributed by atoms with E-state index < -0.39 is 35.1 Å². The Kier molecular flexibility index (Phi) is 7.71. The van der Waals surface area contributed by atoms with E-state index in [-0.39, 0.29) is 17.5 Å².